The quantitative estimate of drug-likeness (QED) is 0.918. The molecule has 1 aliphatic rings. The number of nitrogens with zero attached hydrogens (tertiary/aromatic N) is 4. The number of para-hydroxylation sites is 1. The molecule has 0 atom stereocenters. The Morgan fingerprint density at radius 2 is 1.77 bits per heavy atom. The Morgan fingerprint density at radius 1 is 1.00 bits per heavy atom. The first kappa shape index (κ1) is 17.5. The van der Waals surface area contributed by atoms with Gasteiger partial charge in [0.05, 0.1) is 29.4 Å². The summed E-state index contributed by atoms with van der Waals surface area (Å²) in [5, 5.41) is 21.0. The van der Waals surface area contributed by atoms with E-state index in [-0.39, 0.29) is 5.91 Å². The van der Waals surface area contributed by atoms with Gasteiger partial charge in [0, 0.05) is 31.9 Å². The van der Waals surface area contributed by atoms with Crippen LogP contribution in [0.15, 0.2) is 48.5 Å². The van der Waals surface area contributed by atoms with Gasteiger partial charge in [-0.25, -0.2) is 0 Å². The van der Waals surface area contributed by atoms with E-state index in [0.29, 0.717) is 23.4 Å². The average molecular weight is 345 g/mol. The molecule has 0 aliphatic carbocycles. The third-order valence-corrected chi connectivity index (χ3v) is 4.38. The lowest BCUT2D eigenvalue weighted by atomic mass is 10.1. The third-order valence-electron chi connectivity index (χ3n) is 4.38. The minimum atomic E-state index is -0.0917. The number of hydrogen-bond acceptors (Lipinski definition) is 5. The molecule has 3 rings (SSSR count). The summed E-state index contributed by atoms with van der Waals surface area (Å²) in [6.45, 7) is 3.37. The average Bonchev–Trinajstić information content (AvgIpc) is 2.68. The third kappa shape index (κ3) is 4.18. The van der Waals surface area contributed by atoms with Gasteiger partial charge in [0.2, 0.25) is 5.91 Å². The van der Waals surface area contributed by atoms with Crippen molar-refractivity contribution in [3.05, 3.63) is 59.7 Å². The fourth-order valence-electron chi connectivity index (χ4n) is 3.06. The van der Waals surface area contributed by atoms with Crippen LogP contribution in [0.1, 0.15) is 11.1 Å². The lowest BCUT2D eigenvalue weighted by Crippen LogP contribution is -2.48. The summed E-state index contributed by atoms with van der Waals surface area (Å²) in [7, 11) is 0. The summed E-state index contributed by atoms with van der Waals surface area (Å²) in [6.07, 6.45) is 0. The number of carbonyl (C=O) groups is 1. The maximum Gasteiger partial charge on any atom is 0.238 e. The fraction of sp³-hybridized carbons (Fsp3) is 0.250. The van der Waals surface area contributed by atoms with Gasteiger partial charge in [0.25, 0.3) is 0 Å². The predicted molar refractivity (Wildman–Crippen MR) is 99.6 cm³/mol. The molecule has 0 saturated carbocycles. The SMILES string of the molecule is N#Cc1cccc(NC(=O)CN2CCN(c3ccccc3C#N)CC2)c1. The minimum Gasteiger partial charge on any atom is -0.368 e. The summed E-state index contributed by atoms with van der Waals surface area (Å²) >= 11 is 0. The molecular weight excluding hydrogens is 326 g/mol. The lowest BCUT2D eigenvalue weighted by molar-refractivity contribution is -0.117. The Bertz CT molecular complexity index is 872. The number of piperazine rings is 1. The van der Waals surface area contributed by atoms with Gasteiger partial charge in [0.15, 0.2) is 0 Å². The van der Waals surface area contributed by atoms with Gasteiger partial charge >= 0.3 is 0 Å². The molecular formula is C20H19N5O. The second kappa shape index (κ2) is 8.15. The van der Waals surface area contributed by atoms with Crippen LogP contribution in [0.5, 0.6) is 0 Å². The molecule has 0 spiro atoms. The Kier molecular flexibility index (Phi) is 5.48. The molecule has 1 N–H and O–H groups in total. The standard InChI is InChI=1S/C20H19N5O/c21-13-16-4-3-6-18(12-16)23-20(26)15-24-8-10-25(11-9-24)19-7-2-1-5-17(19)14-22/h1-7,12H,8-11,15H2,(H,23,26). The lowest BCUT2D eigenvalue weighted by Gasteiger charge is -2.36. The Morgan fingerprint density at radius 3 is 2.50 bits per heavy atom. The summed E-state index contributed by atoms with van der Waals surface area (Å²) in [6, 6.07) is 18.8. The van der Waals surface area contributed by atoms with E-state index < -0.39 is 0 Å². The molecule has 26 heavy (non-hydrogen) atoms. The van der Waals surface area contributed by atoms with E-state index in [0.717, 1.165) is 31.9 Å². The Labute approximate surface area is 152 Å². The normalized spacial score (nSPS) is 14.3. The number of hydrogen-bond donors (Lipinski definition) is 1. The van der Waals surface area contributed by atoms with E-state index in [2.05, 4.69) is 27.3 Å². The van der Waals surface area contributed by atoms with Gasteiger partial charge in [-0.2, -0.15) is 10.5 Å². The monoisotopic (exact) mass is 345 g/mol. The van der Waals surface area contributed by atoms with Crippen molar-refractivity contribution in [1.82, 2.24) is 4.90 Å². The van der Waals surface area contributed by atoms with Crippen LogP contribution in [-0.2, 0) is 4.79 Å². The Balaban J connectivity index is 1.53. The molecule has 1 heterocycles. The first-order valence-corrected chi connectivity index (χ1v) is 8.46. The van der Waals surface area contributed by atoms with Gasteiger partial charge in [-0.15, -0.1) is 0 Å². The van der Waals surface area contributed by atoms with Crippen LogP contribution in [0.3, 0.4) is 0 Å². The molecule has 1 fully saturated rings. The summed E-state index contributed by atoms with van der Waals surface area (Å²) in [5.74, 6) is -0.0917. The molecule has 6 nitrogen and oxygen atoms in total. The first-order valence-electron chi connectivity index (χ1n) is 8.46. The van der Waals surface area contributed by atoms with E-state index >= 15 is 0 Å². The number of nitriles is 2. The van der Waals surface area contributed by atoms with E-state index in [9.17, 15) is 10.1 Å². The molecule has 6 heteroatoms. The smallest absolute Gasteiger partial charge is 0.238 e. The van der Waals surface area contributed by atoms with Crippen LogP contribution in [0, 0.1) is 22.7 Å². The van der Waals surface area contributed by atoms with E-state index in [1.807, 2.05) is 24.3 Å². The Hall–Kier alpha value is -3.35. The van der Waals surface area contributed by atoms with Gasteiger partial charge < -0.3 is 10.2 Å². The highest BCUT2D eigenvalue weighted by Crippen LogP contribution is 2.21. The zero-order valence-electron chi connectivity index (χ0n) is 14.4. The number of rotatable bonds is 4. The van der Waals surface area contributed by atoms with Crippen LogP contribution < -0.4 is 10.2 Å². The van der Waals surface area contributed by atoms with Gasteiger partial charge in [0.1, 0.15) is 6.07 Å². The second-order valence-electron chi connectivity index (χ2n) is 6.13. The van der Waals surface area contributed by atoms with Gasteiger partial charge in [-0.3, -0.25) is 9.69 Å². The molecule has 1 saturated heterocycles. The molecule has 0 bridgehead atoms. The summed E-state index contributed by atoms with van der Waals surface area (Å²) in [5.41, 5.74) is 2.78. The first-order chi connectivity index (χ1) is 12.7. The van der Waals surface area contributed by atoms with Crippen molar-refractivity contribution < 1.29 is 4.79 Å². The highest BCUT2D eigenvalue weighted by atomic mass is 16.2. The fourth-order valence-corrected chi connectivity index (χ4v) is 3.06. The molecule has 1 aliphatic heterocycles. The van der Waals surface area contributed by atoms with Crippen molar-refractivity contribution in [2.24, 2.45) is 0 Å². The number of carbonyl (C=O) groups excluding carboxylic acids is 1. The zero-order chi connectivity index (χ0) is 18.4. The number of anilines is 2. The molecule has 1 amide bonds. The van der Waals surface area contributed by atoms with Crippen LogP contribution >= 0.6 is 0 Å². The van der Waals surface area contributed by atoms with Crippen LogP contribution in [0.25, 0.3) is 0 Å². The van der Waals surface area contributed by atoms with Crippen molar-refractivity contribution >= 4 is 17.3 Å². The van der Waals surface area contributed by atoms with Crippen molar-refractivity contribution in [3.63, 3.8) is 0 Å². The van der Waals surface area contributed by atoms with Crippen molar-refractivity contribution in [2.75, 3.05) is 42.9 Å². The van der Waals surface area contributed by atoms with Crippen LogP contribution in [0.2, 0.25) is 0 Å². The number of nitrogens with one attached hydrogen (secondary N) is 1. The molecule has 0 aromatic heterocycles. The molecule has 0 unspecified atom stereocenters. The molecule has 0 radical (unpaired) electrons. The minimum absolute atomic E-state index is 0.0917. The zero-order valence-corrected chi connectivity index (χ0v) is 14.4. The number of amides is 1. The highest BCUT2D eigenvalue weighted by molar-refractivity contribution is 5.92. The van der Waals surface area contributed by atoms with E-state index in [1.165, 1.54) is 0 Å². The maximum absolute atomic E-state index is 12.2. The van der Waals surface area contributed by atoms with E-state index in [1.54, 1.807) is 24.3 Å². The molecule has 2 aromatic carbocycles. The summed E-state index contributed by atoms with van der Waals surface area (Å²) < 4.78 is 0. The van der Waals surface area contributed by atoms with Gasteiger partial charge in [-0.1, -0.05) is 18.2 Å². The summed E-state index contributed by atoms with van der Waals surface area (Å²) in [4.78, 5) is 16.5. The van der Waals surface area contributed by atoms with E-state index in [4.69, 9.17) is 5.26 Å². The van der Waals surface area contributed by atoms with Crippen molar-refractivity contribution in [3.8, 4) is 12.1 Å². The number of benzene rings is 2. The van der Waals surface area contributed by atoms with Crippen molar-refractivity contribution in [2.45, 2.75) is 0 Å². The largest absolute Gasteiger partial charge is 0.368 e. The van der Waals surface area contributed by atoms with Crippen LogP contribution in [0.4, 0.5) is 11.4 Å². The maximum atomic E-state index is 12.2. The molecule has 2 aromatic rings. The van der Waals surface area contributed by atoms with Gasteiger partial charge in [-0.05, 0) is 30.3 Å². The molecule has 130 valence electrons. The van der Waals surface area contributed by atoms with Crippen LogP contribution in [-0.4, -0.2) is 43.5 Å². The highest BCUT2D eigenvalue weighted by Gasteiger charge is 2.20. The topological polar surface area (TPSA) is 83.2 Å². The van der Waals surface area contributed by atoms with Crippen molar-refractivity contribution in [1.29, 1.82) is 10.5 Å². The predicted octanol–water partition coefficient (Wildman–Crippen LogP) is 2.19. The second-order valence-corrected chi connectivity index (χ2v) is 6.13.